The van der Waals surface area contributed by atoms with Gasteiger partial charge in [-0.2, -0.15) is 5.26 Å². The summed E-state index contributed by atoms with van der Waals surface area (Å²) in [6.45, 7) is 5.98. The minimum atomic E-state index is -0.595. The lowest BCUT2D eigenvalue weighted by atomic mass is 10.0. The Kier molecular flexibility index (Phi) is 7.47. The number of amides is 2. The summed E-state index contributed by atoms with van der Waals surface area (Å²) >= 11 is 1.26. The van der Waals surface area contributed by atoms with Crippen LogP contribution in [-0.4, -0.2) is 24.2 Å². The number of nitriles is 1. The molecule has 1 N–H and O–H groups in total. The molecule has 0 bridgehead atoms. The van der Waals surface area contributed by atoms with Crippen molar-refractivity contribution in [2.24, 2.45) is 0 Å². The van der Waals surface area contributed by atoms with E-state index >= 15 is 0 Å². The van der Waals surface area contributed by atoms with E-state index in [1.165, 1.54) is 23.8 Å². The first-order valence-electron chi connectivity index (χ1n) is 11.5. The van der Waals surface area contributed by atoms with Gasteiger partial charge in [-0.05, 0) is 73.7 Å². The summed E-state index contributed by atoms with van der Waals surface area (Å²) in [5, 5.41) is 12.7. The standard InChI is InChI=1S/C29H27N3O3S/c1-18-13-14-22(15-20(18)3)32-28(34)26(16-21-10-6-5-9-19(21)2)36-29(32)23(17-30)27(33)31-24-11-7-8-12-25(24)35-4/h5-15,26H,16H2,1-4H3,(H,31,33)/b29-23-. The smallest absolute Gasteiger partial charge is 0.269 e. The molecular weight excluding hydrogens is 470 g/mol. The van der Waals surface area contributed by atoms with E-state index in [2.05, 4.69) is 11.4 Å². The Labute approximate surface area is 215 Å². The molecule has 4 rings (SSSR count). The second-order valence-corrected chi connectivity index (χ2v) is 9.82. The highest BCUT2D eigenvalue weighted by Gasteiger charge is 2.41. The monoisotopic (exact) mass is 497 g/mol. The lowest BCUT2D eigenvalue weighted by Crippen LogP contribution is -2.31. The van der Waals surface area contributed by atoms with Gasteiger partial charge in [0.25, 0.3) is 5.91 Å². The number of nitrogens with one attached hydrogen (secondary N) is 1. The number of carbonyl (C=O) groups is 2. The highest BCUT2D eigenvalue weighted by Crippen LogP contribution is 2.42. The van der Waals surface area contributed by atoms with E-state index in [0.717, 1.165) is 22.3 Å². The molecule has 6 nitrogen and oxygen atoms in total. The van der Waals surface area contributed by atoms with Gasteiger partial charge in [0.2, 0.25) is 5.91 Å². The zero-order valence-electron chi connectivity index (χ0n) is 20.7. The van der Waals surface area contributed by atoms with Crippen molar-refractivity contribution in [2.45, 2.75) is 32.4 Å². The third-order valence-corrected chi connectivity index (χ3v) is 7.54. The van der Waals surface area contributed by atoms with E-state index in [9.17, 15) is 14.9 Å². The molecule has 0 radical (unpaired) electrons. The van der Waals surface area contributed by atoms with Gasteiger partial charge in [0.05, 0.1) is 18.0 Å². The molecule has 1 aliphatic rings. The van der Waals surface area contributed by atoms with E-state index < -0.39 is 11.2 Å². The van der Waals surface area contributed by atoms with Gasteiger partial charge >= 0.3 is 0 Å². The van der Waals surface area contributed by atoms with Crippen molar-refractivity contribution in [3.05, 3.63) is 99.6 Å². The first-order chi connectivity index (χ1) is 17.3. The van der Waals surface area contributed by atoms with Gasteiger partial charge in [-0.1, -0.05) is 54.2 Å². The molecule has 3 aromatic carbocycles. The van der Waals surface area contributed by atoms with Crippen LogP contribution in [0.3, 0.4) is 0 Å². The predicted molar refractivity (Wildman–Crippen MR) is 144 cm³/mol. The number of methoxy groups -OCH3 is 1. The van der Waals surface area contributed by atoms with Gasteiger partial charge in [-0.15, -0.1) is 0 Å². The maximum Gasteiger partial charge on any atom is 0.269 e. The molecule has 1 unspecified atom stereocenters. The van der Waals surface area contributed by atoms with Crippen molar-refractivity contribution in [1.82, 2.24) is 0 Å². The Hall–Kier alpha value is -4.02. The molecule has 182 valence electrons. The molecule has 0 aliphatic carbocycles. The maximum absolute atomic E-state index is 13.7. The number of para-hydroxylation sites is 2. The van der Waals surface area contributed by atoms with Gasteiger partial charge in [0.15, 0.2) is 0 Å². The molecule has 3 aromatic rings. The third-order valence-electron chi connectivity index (χ3n) is 6.28. The molecule has 1 saturated heterocycles. The lowest BCUT2D eigenvalue weighted by Gasteiger charge is -2.20. The Morgan fingerprint density at radius 1 is 1.03 bits per heavy atom. The number of thioether (sulfide) groups is 1. The first kappa shape index (κ1) is 25.1. The molecule has 7 heteroatoms. The highest BCUT2D eigenvalue weighted by molar-refractivity contribution is 8.05. The van der Waals surface area contributed by atoms with Crippen molar-refractivity contribution in [2.75, 3.05) is 17.3 Å². The molecule has 0 aromatic heterocycles. The van der Waals surface area contributed by atoms with Gasteiger partial charge in [0, 0.05) is 5.69 Å². The maximum atomic E-state index is 13.7. The SMILES string of the molecule is COc1ccccc1NC(=O)/C(C#N)=C1\SC(Cc2ccccc2C)C(=O)N1c1ccc(C)c(C)c1. The number of ether oxygens (including phenoxy) is 1. The molecule has 0 spiro atoms. The number of carbonyl (C=O) groups excluding carboxylic acids is 2. The summed E-state index contributed by atoms with van der Waals surface area (Å²) < 4.78 is 5.33. The van der Waals surface area contributed by atoms with E-state index in [0.29, 0.717) is 28.6 Å². The molecule has 0 saturated carbocycles. The Balaban J connectivity index is 1.77. The summed E-state index contributed by atoms with van der Waals surface area (Å²) in [6, 6.07) is 22.7. The normalized spacial score (nSPS) is 16.5. The van der Waals surface area contributed by atoms with Crippen molar-refractivity contribution < 1.29 is 14.3 Å². The van der Waals surface area contributed by atoms with Crippen molar-refractivity contribution in [3.63, 3.8) is 0 Å². The number of benzene rings is 3. The second-order valence-electron chi connectivity index (χ2n) is 8.63. The van der Waals surface area contributed by atoms with Crippen LogP contribution in [0.25, 0.3) is 0 Å². The fourth-order valence-corrected chi connectivity index (χ4v) is 5.35. The van der Waals surface area contributed by atoms with Crippen LogP contribution >= 0.6 is 11.8 Å². The molecule has 36 heavy (non-hydrogen) atoms. The molecule has 1 atom stereocenters. The lowest BCUT2D eigenvalue weighted by molar-refractivity contribution is -0.117. The van der Waals surface area contributed by atoms with Gasteiger partial charge in [-0.3, -0.25) is 14.5 Å². The largest absolute Gasteiger partial charge is 0.495 e. The van der Waals surface area contributed by atoms with Gasteiger partial charge in [0.1, 0.15) is 22.4 Å². The van der Waals surface area contributed by atoms with E-state index in [4.69, 9.17) is 4.74 Å². The van der Waals surface area contributed by atoms with Crippen LogP contribution in [0.15, 0.2) is 77.3 Å². The number of hydrogen-bond acceptors (Lipinski definition) is 5. The first-order valence-corrected chi connectivity index (χ1v) is 12.4. The molecule has 2 amide bonds. The predicted octanol–water partition coefficient (Wildman–Crippen LogP) is 5.69. The third kappa shape index (κ3) is 5.00. The van der Waals surface area contributed by atoms with Crippen LogP contribution in [0.5, 0.6) is 5.75 Å². The van der Waals surface area contributed by atoms with Crippen molar-refractivity contribution in [3.8, 4) is 11.8 Å². The number of nitrogens with zero attached hydrogens (tertiary/aromatic N) is 2. The summed E-state index contributed by atoms with van der Waals surface area (Å²) in [4.78, 5) is 28.6. The minimum absolute atomic E-state index is 0.121. The zero-order valence-corrected chi connectivity index (χ0v) is 21.5. The summed E-state index contributed by atoms with van der Waals surface area (Å²) in [5.74, 6) is -0.270. The Bertz CT molecular complexity index is 1410. The highest BCUT2D eigenvalue weighted by atomic mass is 32.2. The van der Waals surface area contributed by atoms with Crippen LogP contribution < -0.4 is 15.0 Å². The van der Waals surface area contributed by atoms with Crippen LogP contribution in [0.4, 0.5) is 11.4 Å². The number of hydrogen-bond donors (Lipinski definition) is 1. The average Bonchev–Trinajstić information content (AvgIpc) is 3.18. The zero-order chi connectivity index (χ0) is 25.8. The van der Waals surface area contributed by atoms with Crippen molar-refractivity contribution in [1.29, 1.82) is 5.26 Å². The van der Waals surface area contributed by atoms with E-state index in [1.807, 2.05) is 63.2 Å². The number of aryl methyl sites for hydroxylation is 3. The fourth-order valence-electron chi connectivity index (χ4n) is 4.06. The fraction of sp³-hybridized carbons (Fsp3) is 0.207. The van der Waals surface area contributed by atoms with E-state index in [1.54, 1.807) is 24.3 Å². The number of anilines is 2. The summed E-state index contributed by atoms with van der Waals surface area (Å²) in [6.07, 6.45) is 0.494. The molecule has 1 heterocycles. The minimum Gasteiger partial charge on any atom is -0.495 e. The molecule has 1 aliphatic heterocycles. The Morgan fingerprint density at radius 3 is 2.44 bits per heavy atom. The van der Waals surface area contributed by atoms with Crippen LogP contribution in [0.1, 0.15) is 22.3 Å². The van der Waals surface area contributed by atoms with Crippen LogP contribution in [-0.2, 0) is 16.0 Å². The summed E-state index contributed by atoms with van der Waals surface area (Å²) in [5.41, 5.74) is 5.22. The quantitative estimate of drug-likeness (QED) is 0.350. The van der Waals surface area contributed by atoms with Crippen LogP contribution in [0.2, 0.25) is 0 Å². The second kappa shape index (κ2) is 10.7. The molecular formula is C29H27N3O3S. The van der Waals surface area contributed by atoms with Crippen molar-refractivity contribution >= 4 is 35.0 Å². The van der Waals surface area contributed by atoms with E-state index in [-0.39, 0.29) is 11.5 Å². The Morgan fingerprint density at radius 2 is 1.75 bits per heavy atom. The summed E-state index contributed by atoms with van der Waals surface area (Å²) in [7, 11) is 1.51. The number of rotatable bonds is 6. The average molecular weight is 498 g/mol. The van der Waals surface area contributed by atoms with Gasteiger partial charge < -0.3 is 10.1 Å². The molecule has 1 fully saturated rings. The topological polar surface area (TPSA) is 82.4 Å². The van der Waals surface area contributed by atoms with Gasteiger partial charge in [-0.25, -0.2) is 0 Å². The van der Waals surface area contributed by atoms with Crippen LogP contribution in [0, 0.1) is 32.1 Å².